The van der Waals surface area contributed by atoms with Crippen LogP contribution in [0, 0.1) is 5.92 Å². The third kappa shape index (κ3) is 2.40. The lowest BCUT2D eigenvalue weighted by Crippen LogP contribution is -2.59. The van der Waals surface area contributed by atoms with Gasteiger partial charge in [-0.3, -0.25) is 4.79 Å². The van der Waals surface area contributed by atoms with Crippen LogP contribution in [0.5, 0.6) is 0 Å². The van der Waals surface area contributed by atoms with E-state index in [1.807, 2.05) is 0 Å². The SMILES string of the molecule is CC1CCCN(C(=O)C2(C)CCCCN2)C1. The van der Waals surface area contributed by atoms with Crippen molar-refractivity contribution in [3.8, 4) is 0 Å². The topological polar surface area (TPSA) is 32.3 Å². The largest absolute Gasteiger partial charge is 0.341 e. The number of likely N-dealkylation sites (tertiary alicyclic amines) is 1. The fourth-order valence-electron chi connectivity index (χ4n) is 2.96. The third-order valence-electron chi connectivity index (χ3n) is 4.03. The molecule has 0 aromatic rings. The van der Waals surface area contributed by atoms with Gasteiger partial charge in [-0.25, -0.2) is 0 Å². The highest BCUT2D eigenvalue weighted by atomic mass is 16.2. The van der Waals surface area contributed by atoms with Crippen molar-refractivity contribution in [1.29, 1.82) is 0 Å². The number of carbonyl (C=O) groups excluding carboxylic acids is 1. The summed E-state index contributed by atoms with van der Waals surface area (Å²) in [6.45, 7) is 7.23. The first-order chi connectivity index (χ1) is 7.62. The number of carbonyl (C=O) groups is 1. The first-order valence-electron chi connectivity index (χ1n) is 6.66. The summed E-state index contributed by atoms with van der Waals surface area (Å²) in [5.41, 5.74) is -0.282. The van der Waals surface area contributed by atoms with Gasteiger partial charge in [-0.15, -0.1) is 0 Å². The minimum absolute atomic E-state index is 0.282. The van der Waals surface area contributed by atoms with Crippen molar-refractivity contribution in [1.82, 2.24) is 10.2 Å². The highest BCUT2D eigenvalue weighted by molar-refractivity contribution is 5.86. The van der Waals surface area contributed by atoms with Crippen molar-refractivity contribution in [3.05, 3.63) is 0 Å². The van der Waals surface area contributed by atoms with E-state index < -0.39 is 0 Å². The number of rotatable bonds is 1. The Morgan fingerprint density at radius 2 is 2.19 bits per heavy atom. The Kier molecular flexibility index (Phi) is 3.53. The molecule has 2 atom stereocenters. The smallest absolute Gasteiger partial charge is 0.242 e. The third-order valence-corrected chi connectivity index (χ3v) is 4.03. The van der Waals surface area contributed by atoms with Gasteiger partial charge in [0, 0.05) is 13.1 Å². The van der Waals surface area contributed by atoms with Crippen LogP contribution in [0.3, 0.4) is 0 Å². The van der Waals surface area contributed by atoms with Crippen molar-refractivity contribution in [2.24, 2.45) is 5.92 Å². The van der Waals surface area contributed by atoms with Crippen LogP contribution in [-0.2, 0) is 4.79 Å². The Balaban J connectivity index is 1.99. The number of hydrogen-bond acceptors (Lipinski definition) is 2. The molecule has 0 radical (unpaired) electrons. The molecule has 16 heavy (non-hydrogen) atoms. The molecule has 0 saturated carbocycles. The van der Waals surface area contributed by atoms with Crippen LogP contribution in [0.15, 0.2) is 0 Å². The molecule has 0 aliphatic carbocycles. The molecule has 2 heterocycles. The lowest BCUT2D eigenvalue weighted by atomic mass is 9.88. The quantitative estimate of drug-likeness (QED) is 0.736. The maximum Gasteiger partial charge on any atom is 0.242 e. The first kappa shape index (κ1) is 11.9. The molecular formula is C13H24N2O. The number of nitrogens with one attached hydrogen (secondary N) is 1. The molecule has 2 aliphatic heterocycles. The van der Waals surface area contributed by atoms with Crippen molar-refractivity contribution >= 4 is 5.91 Å². The Morgan fingerprint density at radius 3 is 2.81 bits per heavy atom. The molecule has 2 unspecified atom stereocenters. The summed E-state index contributed by atoms with van der Waals surface area (Å²) in [5, 5.41) is 3.42. The van der Waals surface area contributed by atoms with Crippen molar-refractivity contribution in [2.75, 3.05) is 19.6 Å². The minimum Gasteiger partial charge on any atom is -0.341 e. The number of piperidine rings is 2. The Bertz CT molecular complexity index is 259. The van der Waals surface area contributed by atoms with Gasteiger partial charge in [0.1, 0.15) is 0 Å². The molecule has 0 aromatic carbocycles. The van der Waals surface area contributed by atoms with Gasteiger partial charge in [0.2, 0.25) is 5.91 Å². The molecule has 2 saturated heterocycles. The summed E-state index contributed by atoms with van der Waals surface area (Å²) in [4.78, 5) is 14.6. The summed E-state index contributed by atoms with van der Waals surface area (Å²) in [5.74, 6) is 1.00. The molecule has 0 aromatic heterocycles. The molecule has 1 N–H and O–H groups in total. The molecule has 1 amide bonds. The van der Waals surface area contributed by atoms with E-state index in [1.165, 1.54) is 25.7 Å². The fraction of sp³-hybridized carbons (Fsp3) is 0.923. The van der Waals surface area contributed by atoms with E-state index in [1.54, 1.807) is 0 Å². The minimum atomic E-state index is -0.282. The van der Waals surface area contributed by atoms with Crippen LogP contribution in [0.2, 0.25) is 0 Å². The van der Waals surface area contributed by atoms with E-state index in [0.717, 1.165) is 26.1 Å². The van der Waals surface area contributed by atoms with E-state index in [2.05, 4.69) is 24.1 Å². The zero-order valence-corrected chi connectivity index (χ0v) is 10.6. The van der Waals surface area contributed by atoms with Crippen molar-refractivity contribution < 1.29 is 4.79 Å². The Labute approximate surface area is 98.6 Å². The molecule has 0 bridgehead atoms. The zero-order chi connectivity index (χ0) is 11.6. The molecule has 3 heteroatoms. The highest BCUT2D eigenvalue weighted by Gasteiger charge is 2.38. The van der Waals surface area contributed by atoms with E-state index in [0.29, 0.717) is 11.8 Å². The van der Waals surface area contributed by atoms with Gasteiger partial charge >= 0.3 is 0 Å². The fourth-order valence-corrected chi connectivity index (χ4v) is 2.96. The van der Waals surface area contributed by atoms with Gasteiger partial charge in [-0.05, 0) is 51.5 Å². The standard InChI is InChI=1S/C13H24N2O/c1-11-6-5-9-15(10-11)12(16)13(2)7-3-4-8-14-13/h11,14H,3-10H2,1-2H3. The Hall–Kier alpha value is -0.570. The average molecular weight is 224 g/mol. The van der Waals surface area contributed by atoms with Crippen molar-refractivity contribution in [2.45, 2.75) is 51.5 Å². The number of hydrogen-bond donors (Lipinski definition) is 1. The second-order valence-corrected chi connectivity index (χ2v) is 5.71. The lowest BCUT2D eigenvalue weighted by Gasteiger charge is -2.40. The molecule has 2 rings (SSSR count). The summed E-state index contributed by atoms with van der Waals surface area (Å²) in [6.07, 6.45) is 5.82. The highest BCUT2D eigenvalue weighted by Crippen LogP contribution is 2.24. The Morgan fingerprint density at radius 1 is 1.38 bits per heavy atom. The number of nitrogens with zero attached hydrogens (tertiary/aromatic N) is 1. The van der Waals surface area contributed by atoms with E-state index in [9.17, 15) is 4.79 Å². The zero-order valence-electron chi connectivity index (χ0n) is 10.6. The summed E-state index contributed by atoms with van der Waals surface area (Å²) < 4.78 is 0. The first-order valence-corrected chi connectivity index (χ1v) is 6.66. The molecule has 92 valence electrons. The van der Waals surface area contributed by atoms with Crippen LogP contribution in [0.1, 0.15) is 46.0 Å². The molecule has 2 fully saturated rings. The predicted molar refractivity (Wildman–Crippen MR) is 65.2 cm³/mol. The second-order valence-electron chi connectivity index (χ2n) is 5.71. The average Bonchev–Trinajstić information content (AvgIpc) is 2.29. The summed E-state index contributed by atoms with van der Waals surface area (Å²) in [7, 11) is 0. The predicted octanol–water partition coefficient (Wildman–Crippen LogP) is 1.78. The van der Waals surface area contributed by atoms with Crippen LogP contribution in [0.4, 0.5) is 0 Å². The van der Waals surface area contributed by atoms with E-state index >= 15 is 0 Å². The molecule has 3 nitrogen and oxygen atoms in total. The summed E-state index contributed by atoms with van der Waals surface area (Å²) in [6, 6.07) is 0. The van der Waals surface area contributed by atoms with Crippen LogP contribution < -0.4 is 5.32 Å². The van der Waals surface area contributed by atoms with Gasteiger partial charge in [0.25, 0.3) is 0 Å². The van der Waals surface area contributed by atoms with Gasteiger partial charge in [0.05, 0.1) is 5.54 Å². The van der Waals surface area contributed by atoms with Gasteiger partial charge in [-0.2, -0.15) is 0 Å². The molecular weight excluding hydrogens is 200 g/mol. The van der Waals surface area contributed by atoms with Gasteiger partial charge in [-0.1, -0.05) is 6.92 Å². The monoisotopic (exact) mass is 224 g/mol. The lowest BCUT2D eigenvalue weighted by molar-refractivity contribution is -0.140. The van der Waals surface area contributed by atoms with Crippen LogP contribution in [0.25, 0.3) is 0 Å². The number of amides is 1. The maximum absolute atomic E-state index is 12.5. The second kappa shape index (κ2) is 4.74. The van der Waals surface area contributed by atoms with Crippen molar-refractivity contribution in [3.63, 3.8) is 0 Å². The van der Waals surface area contributed by atoms with Gasteiger partial charge in [0.15, 0.2) is 0 Å². The summed E-state index contributed by atoms with van der Waals surface area (Å²) >= 11 is 0. The van der Waals surface area contributed by atoms with Crippen LogP contribution >= 0.6 is 0 Å². The van der Waals surface area contributed by atoms with E-state index in [-0.39, 0.29) is 5.54 Å². The molecule has 2 aliphatic rings. The van der Waals surface area contributed by atoms with Crippen LogP contribution in [-0.4, -0.2) is 36.0 Å². The van der Waals surface area contributed by atoms with Gasteiger partial charge < -0.3 is 10.2 Å². The van der Waals surface area contributed by atoms with E-state index in [4.69, 9.17) is 0 Å². The maximum atomic E-state index is 12.5. The normalized spacial score (nSPS) is 36.1. The molecule has 0 spiro atoms.